The molecule has 2 heterocycles. The zero-order chi connectivity index (χ0) is 19.5. The van der Waals surface area contributed by atoms with Crippen LogP contribution in [0.1, 0.15) is 18.9 Å². The highest BCUT2D eigenvalue weighted by molar-refractivity contribution is 6.30. The van der Waals surface area contributed by atoms with Crippen LogP contribution >= 0.6 is 11.6 Å². The Bertz CT molecular complexity index is 1060. The maximum atomic E-state index is 12.4. The Morgan fingerprint density at radius 1 is 1.04 bits per heavy atom. The summed E-state index contributed by atoms with van der Waals surface area (Å²) in [5, 5.41) is 3.32. The van der Waals surface area contributed by atoms with Crippen molar-refractivity contribution in [2.45, 2.75) is 13.3 Å². The average molecular weight is 392 g/mol. The lowest BCUT2D eigenvalue weighted by molar-refractivity contribution is -0.115. The van der Waals surface area contributed by atoms with Crippen molar-refractivity contribution in [3.63, 3.8) is 0 Å². The van der Waals surface area contributed by atoms with Crippen LogP contribution in [0.25, 0.3) is 11.1 Å². The normalized spacial score (nSPS) is 13.2. The molecule has 5 nitrogen and oxygen atoms in total. The van der Waals surface area contributed by atoms with E-state index in [-0.39, 0.29) is 12.3 Å². The van der Waals surface area contributed by atoms with Gasteiger partial charge >= 0.3 is 0 Å². The number of ether oxygens (including phenoxy) is 1. The minimum absolute atomic E-state index is 0.116. The zero-order valence-corrected chi connectivity index (χ0v) is 16.0. The van der Waals surface area contributed by atoms with Crippen molar-refractivity contribution in [2.24, 2.45) is 4.99 Å². The minimum atomic E-state index is -0.116. The molecule has 1 aliphatic rings. The van der Waals surface area contributed by atoms with Crippen LogP contribution in [0.3, 0.4) is 0 Å². The third-order valence-corrected chi connectivity index (χ3v) is 4.62. The highest BCUT2D eigenvalue weighted by atomic mass is 35.5. The lowest BCUT2D eigenvalue weighted by Gasteiger charge is -2.09. The second-order valence-corrected chi connectivity index (χ2v) is 6.73. The number of hydrogen-bond acceptors (Lipinski definition) is 4. The molecule has 0 radical (unpaired) electrons. The number of carbonyl (C=O) groups excluding carboxylic acids is 1. The van der Waals surface area contributed by atoms with Gasteiger partial charge in [-0.1, -0.05) is 29.8 Å². The van der Waals surface area contributed by atoms with Gasteiger partial charge in [0.1, 0.15) is 10.9 Å². The van der Waals surface area contributed by atoms with E-state index in [9.17, 15) is 4.79 Å². The number of nitrogens with one attached hydrogen (secondary N) is 1. The molecule has 1 N–H and O–H groups in total. The zero-order valence-electron chi connectivity index (χ0n) is 15.3. The Morgan fingerprint density at radius 2 is 1.82 bits per heavy atom. The summed E-state index contributed by atoms with van der Waals surface area (Å²) in [6.45, 7) is 2.59. The van der Waals surface area contributed by atoms with Crippen LogP contribution in [0.5, 0.6) is 5.75 Å². The smallest absolute Gasteiger partial charge is 0.230 e. The van der Waals surface area contributed by atoms with Gasteiger partial charge in [0.2, 0.25) is 5.91 Å². The van der Waals surface area contributed by atoms with Gasteiger partial charge in [-0.2, -0.15) is 0 Å². The van der Waals surface area contributed by atoms with E-state index in [1.165, 1.54) is 0 Å². The number of nitrogens with zero attached hydrogens (tertiary/aromatic N) is 2. The van der Waals surface area contributed by atoms with Gasteiger partial charge in [-0.25, -0.2) is 4.98 Å². The van der Waals surface area contributed by atoms with Crippen LogP contribution in [-0.2, 0) is 4.79 Å². The second kappa shape index (κ2) is 7.82. The molecule has 0 atom stereocenters. The first-order valence-electron chi connectivity index (χ1n) is 8.99. The highest BCUT2D eigenvalue weighted by Crippen LogP contribution is 2.34. The molecule has 1 amide bonds. The molecular formula is C22H18ClN3O2. The van der Waals surface area contributed by atoms with Crippen LogP contribution in [0.15, 0.2) is 65.8 Å². The summed E-state index contributed by atoms with van der Waals surface area (Å²) in [6, 6.07) is 17.2. The summed E-state index contributed by atoms with van der Waals surface area (Å²) in [4.78, 5) is 21.1. The third kappa shape index (κ3) is 3.89. The number of carbonyl (C=O) groups is 1. The predicted molar refractivity (Wildman–Crippen MR) is 112 cm³/mol. The molecule has 6 heteroatoms. The van der Waals surface area contributed by atoms with E-state index >= 15 is 0 Å². The standard InChI is InChI=1S/C22H18ClN3O2/c1-2-28-17-6-3-14(4-7-17)15-5-8-18-20(11-15)26-22(27)13-19(25-18)16-9-10-24-21(23)12-16/h3-12H,2,13H2,1H3,(H,26,27). The van der Waals surface area contributed by atoms with Gasteiger partial charge in [-0.3, -0.25) is 9.79 Å². The first-order valence-corrected chi connectivity index (χ1v) is 9.37. The van der Waals surface area contributed by atoms with E-state index in [4.69, 9.17) is 21.3 Å². The second-order valence-electron chi connectivity index (χ2n) is 6.34. The first kappa shape index (κ1) is 18.2. The number of fused-ring (bicyclic) bond motifs is 1. The highest BCUT2D eigenvalue weighted by Gasteiger charge is 2.18. The molecule has 0 saturated carbocycles. The van der Waals surface area contributed by atoms with Crippen LogP contribution in [0.2, 0.25) is 5.15 Å². The molecule has 1 aliphatic heterocycles. The van der Waals surface area contributed by atoms with Crippen molar-refractivity contribution in [1.29, 1.82) is 0 Å². The van der Waals surface area contributed by atoms with Crippen molar-refractivity contribution >= 4 is 34.6 Å². The van der Waals surface area contributed by atoms with E-state index < -0.39 is 0 Å². The summed E-state index contributed by atoms with van der Waals surface area (Å²) >= 11 is 5.99. The van der Waals surface area contributed by atoms with E-state index in [0.717, 1.165) is 22.4 Å². The molecule has 0 fully saturated rings. The summed E-state index contributed by atoms with van der Waals surface area (Å²) in [5.41, 5.74) is 4.88. The molecule has 4 rings (SSSR count). The van der Waals surface area contributed by atoms with Gasteiger partial charge in [-0.15, -0.1) is 0 Å². The van der Waals surface area contributed by atoms with E-state index in [2.05, 4.69) is 10.3 Å². The molecule has 28 heavy (non-hydrogen) atoms. The summed E-state index contributed by atoms with van der Waals surface area (Å²) in [5.74, 6) is 0.717. The average Bonchev–Trinajstić information content (AvgIpc) is 2.86. The molecule has 1 aromatic heterocycles. The lowest BCUT2D eigenvalue weighted by atomic mass is 10.0. The van der Waals surface area contributed by atoms with E-state index in [1.807, 2.05) is 49.4 Å². The summed E-state index contributed by atoms with van der Waals surface area (Å²) < 4.78 is 5.49. The molecule has 0 unspecified atom stereocenters. The molecule has 2 aromatic carbocycles. The fourth-order valence-corrected chi connectivity index (χ4v) is 3.28. The topological polar surface area (TPSA) is 63.6 Å². The fourth-order valence-electron chi connectivity index (χ4n) is 3.10. The number of rotatable bonds is 4. The van der Waals surface area contributed by atoms with Crippen molar-refractivity contribution in [1.82, 2.24) is 4.98 Å². The Kier molecular flexibility index (Phi) is 5.08. The van der Waals surface area contributed by atoms with Crippen molar-refractivity contribution < 1.29 is 9.53 Å². The molecule has 0 spiro atoms. The van der Waals surface area contributed by atoms with Crippen molar-refractivity contribution in [3.8, 4) is 16.9 Å². The Balaban J connectivity index is 1.70. The molecule has 3 aromatic rings. The van der Waals surface area contributed by atoms with Crippen LogP contribution < -0.4 is 10.1 Å². The first-order chi connectivity index (χ1) is 13.6. The number of benzene rings is 2. The Morgan fingerprint density at radius 3 is 2.57 bits per heavy atom. The maximum absolute atomic E-state index is 12.4. The van der Waals surface area contributed by atoms with Crippen molar-refractivity contribution in [2.75, 3.05) is 11.9 Å². The SMILES string of the molecule is CCOc1ccc(-c2ccc3c(c2)NC(=O)CC(c2ccnc(Cl)c2)=N3)cc1. The maximum Gasteiger partial charge on any atom is 0.230 e. The van der Waals surface area contributed by atoms with Crippen LogP contribution in [0.4, 0.5) is 11.4 Å². The number of anilines is 1. The van der Waals surface area contributed by atoms with E-state index in [1.54, 1.807) is 18.3 Å². The lowest BCUT2D eigenvalue weighted by Crippen LogP contribution is -2.15. The van der Waals surface area contributed by atoms with Crippen LogP contribution in [-0.4, -0.2) is 23.2 Å². The number of halogens is 1. The number of aromatic nitrogens is 1. The van der Waals surface area contributed by atoms with Gasteiger partial charge in [0.25, 0.3) is 0 Å². The largest absolute Gasteiger partial charge is 0.494 e. The van der Waals surface area contributed by atoms with Gasteiger partial charge in [0.05, 0.1) is 30.1 Å². The summed E-state index contributed by atoms with van der Waals surface area (Å²) in [7, 11) is 0. The number of pyridine rings is 1. The van der Waals surface area contributed by atoms with Gasteiger partial charge in [0.15, 0.2) is 0 Å². The molecule has 0 aliphatic carbocycles. The number of aliphatic imine (C=N–C) groups is 1. The fraction of sp³-hybridized carbons (Fsp3) is 0.136. The quantitative estimate of drug-likeness (QED) is 0.616. The van der Waals surface area contributed by atoms with Crippen LogP contribution in [0, 0.1) is 0 Å². The summed E-state index contributed by atoms with van der Waals surface area (Å²) in [6.07, 6.45) is 1.78. The Hall–Kier alpha value is -3.18. The molecule has 0 saturated heterocycles. The van der Waals surface area contributed by atoms with Gasteiger partial charge in [-0.05, 0) is 54.4 Å². The molecular weight excluding hydrogens is 374 g/mol. The predicted octanol–water partition coefficient (Wildman–Crippen LogP) is 5.26. The molecule has 140 valence electrons. The number of amides is 1. The monoisotopic (exact) mass is 391 g/mol. The van der Waals surface area contributed by atoms with Gasteiger partial charge < -0.3 is 10.1 Å². The van der Waals surface area contributed by atoms with Gasteiger partial charge in [0, 0.05) is 11.8 Å². The minimum Gasteiger partial charge on any atom is -0.494 e. The third-order valence-electron chi connectivity index (χ3n) is 4.41. The van der Waals surface area contributed by atoms with Crippen molar-refractivity contribution in [3.05, 3.63) is 71.5 Å². The molecule has 0 bridgehead atoms. The Labute approximate surface area is 168 Å². The van der Waals surface area contributed by atoms with E-state index in [0.29, 0.717) is 28.8 Å². The number of hydrogen-bond donors (Lipinski definition) is 1.